The minimum Gasteiger partial charge on any atom is -0.366 e. The van der Waals surface area contributed by atoms with E-state index in [0.717, 1.165) is 24.5 Å². The molecule has 2 aromatic heterocycles. The number of rotatable bonds is 7. The molecule has 0 spiro atoms. The van der Waals surface area contributed by atoms with E-state index in [2.05, 4.69) is 56.6 Å². The molecule has 0 fully saturated rings. The summed E-state index contributed by atoms with van der Waals surface area (Å²) in [7, 11) is 0. The Balaban J connectivity index is 1.64. The first-order valence-corrected chi connectivity index (χ1v) is 7.75. The van der Waals surface area contributed by atoms with Gasteiger partial charge < -0.3 is 15.6 Å². The quantitative estimate of drug-likeness (QED) is 0.584. The Kier molecular flexibility index (Phi) is 4.57. The van der Waals surface area contributed by atoms with Gasteiger partial charge in [-0.05, 0) is 25.0 Å². The average molecular weight is 307 g/mol. The van der Waals surface area contributed by atoms with Gasteiger partial charge in [-0.3, -0.25) is 0 Å². The van der Waals surface area contributed by atoms with Gasteiger partial charge in [0.25, 0.3) is 0 Å². The van der Waals surface area contributed by atoms with Crippen molar-refractivity contribution in [2.24, 2.45) is 0 Å². The Labute approximate surface area is 135 Å². The summed E-state index contributed by atoms with van der Waals surface area (Å²) >= 11 is 0. The maximum atomic E-state index is 4.46. The molecule has 0 aliphatic heterocycles. The molecular formula is C18H21N5. The maximum Gasteiger partial charge on any atom is 0.224 e. The first kappa shape index (κ1) is 15.1. The number of anilines is 2. The standard InChI is InChI=1S/C18H21N5/c1-3-9-19-17-11-13(2)22-18(23-17)20-10-8-14-12-21-16-7-5-4-6-15(14)16/h3-7,11-12,21H,1,8-10H2,2H3,(H2,19,20,22,23). The average Bonchev–Trinajstić information content (AvgIpc) is 2.96. The number of fused-ring (bicyclic) bond motifs is 1. The summed E-state index contributed by atoms with van der Waals surface area (Å²) in [5.74, 6) is 1.46. The predicted molar refractivity (Wildman–Crippen MR) is 95.9 cm³/mol. The molecule has 3 rings (SSSR count). The summed E-state index contributed by atoms with van der Waals surface area (Å²) in [4.78, 5) is 12.2. The van der Waals surface area contributed by atoms with Gasteiger partial charge in [0.05, 0.1) is 0 Å². The van der Waals surface area contributed by atoms with Crippen molar-refractivity contribution in [3.63, 3.8) is 0 Å². The highest BCUT2D eigenvalue weighted by Crippen LogP contribution is 2.18. The van der Waals surface area contributed by atoms with Gasteiger partial charge in [-0.2, -0.15) is 4.98 Å². The van der Waals surface area contributed by atoms with E-state index in [9.17, 15) is 0 Å². The lowest BCUT2D eigenvalue weighted by Gasteiger charge is -2.08. The molecule has 2 heterocycles. The third kappa shape index (κ3) is 3.69. The van der Waals surface area contributed by atoms with Gasteiger partial charge in [0.1, 0.15) is 5.82 Å². The zero-order valence-corrected chi connectivity index (χ0v) is 13.3. The number of benzene rings is 1. The van der Waals surface area contributed by atoms with Crippen LogP contribution in [0.15, 0.2) is 49.2 Å². The van der Waals surface area contributed by atoms with Crippen molar-refractivity contribution in [3.8, 4) is 0 Å². The number of aromatic nitrogens is 3. The minimum absolute atomic E-state index is 0.649. The predicted octanol–water partition coefficient (Wildman–Crippen LogP) is 3.52. The number of hydrogen-bond donors (Lipinski definition) is 3. The van der Waals surface area contributed by atoms with Crippen LogP contribution in [0.2, 0.25) is 0 Å². The number of nitrogens with one attached hydrogen (secondary N) is 3. The number of aryl methyl sites for hydroxylation is 1. The van der Waals surface area contributed by atoms with Crippen LogP contribution in [0.3, 0.4) is 0 Å². The van der Waals surface area contributed by atoms with E-state index < -0.39 is 0 Å². The van der Waals surface area contributed by atoms with Crippen molar-refractivity contribution < 1.29 is 0 Å². The van der Waals surface area contributed by atoms with Crippen LogP contribution in [0.1, 0.15) is 11.3 Å². The van der Waals surface area contributed by atoms with Gasteiger partial charge >= 0.3 is 0 Å². The molecule has 5 heteroatoms. The zero-order valence-electron chi connectivity index (χ0n) is 13.3. The normalized spacial score (nSPS) is 10.7. The smallest absolute Gasteiger partial charge is 0.224 e. The number of para-hydroxylation sites is 1. The fraction of sp³-hybridized carbons (Fsp3) is 0.222. The molecule has 0 amide bonds. The summed E-state index contributed by atoms with van der Waals surface area (Å²) in [6.45, 7) is 7.13. The van der Waals surface area contributed by atoms with E-state index in [1.54, 1.807) is 0 Å². The van der Waals surface area contributed by atoms with Crippen LogP contribution in [0.4, 0.5) is 11.8 Å². The lowest BCUT2D eigenvalue weighted by Crippen LogP contribution is -2.10. The molecule has 1 aromatic carbocycles. The molecule has 23 heavy (non-hydrogen) atoms. The second-order valence-corrected chi connectivity index (χ2v) is 5.42. The largest absolute Gasteiger partial charge is 0.366 e. The van der Waals surface area contributed by atoms with Crippen molar-refractivity contribution in [1.29, 1.82) is 0 Å². The molecule has 0 aliphatic rings. The van der Waals surface area contributed by atoms with E-state index in [-0.39, 0.29) is 0 Å². The lowest BCUT2D eigenvalue weighted by molar-refractivity contribution is 0.979. The summed E-state index contributed by atoms with van der Waals surface area (Å²) in [5, 5.41) is 7.76. The van der Waals surface area contributed by atoms with Gasteiger partial charge in [-0.15, -0.1) is 6.58 Å². The third-order valence-corrected chi connectivity index (χ3v) is 3.63. The van der Waals surface area contributed by atoms with Crippen molar-refractivity contribution in [2.45, 2.75) is 13.3 Å². The minimum atomic E-state index is 0.649. The van der Waals surface area contributed by atoms with Gasteiger partial charge in [0.15, 0.2) is 0 Å². The van der Waals surface area contributed by atoms with Gasteiger partial charge in [0, 0.05) is 41.9 Å². The Hall–Kier alpha value is -2.82. The van der Waals surface area contributed by atoms with Crippen LogP contribution in [0.25, 0.3) is 10.9 Å². The van der Waals surface area contributed by atoms with Crippen molar-refractivity contribution in [2.75, 3.05) is 23.7 Å². The van der Waals surface area contributed by atoms with Gasteiger partial charge in [0.2, 0.25) is 5.95 Å². The third-order valence-electron chi connectivity index (χ3n) is 3.63. The lowest BCUT2D eigenvalue weighted by atomic mass is 10.1. The van der Waals surface area contributed by atoms with Crippen molar-refractivity contribution in [3.05, 3.63) is 60.4 Å². The van der Waals surface area contributed by atoms with Gasteiger partial charge in [-0.1, -0.05) is 24.3 Å². The molecule has 0 radical (unpaired) electrons. The summed E-state index contributed by atoms with van der Waals surface area (Å²) in [5.41, 5.74) is 3.40. The second-order valence-electron chi connectivity index (χ2n) is 5.42. The van der Waals surface area contributed by atoms with Gasteiger partial charge in [-0.25, -0.2) is 4.98 Å². The fourth-order valence-corrected chi connectivity index (χ4v) is 2.56. The molecule has 0 saturated carbocycles. The van der Waals surface area contributed by atoms with Crippen LogP contribution in [-0.2, 0) is 6.42 Å². The van der Waals surface area contributed by atoms with Crippen LogP contribution >= 0.6 is 0 Å². The van der Waals surface area contributed by atoms with E-state index in [4.69, 9.17) is 0 Å². The SMILES string of the molecule is C=CCNc1cc(C)nc(NCCc2c[nH]c3ccccc23)n1. The topological polar surface area (TPSA) is 65.6 Å². The molecule has 0 bridgehead atoms. The fourth-order valence-electron chi connectivity index (χ4n) is 2.56. The van der Waals surface area contributed by atoms with E-state index in [1.165, 1.54) is 16.5 Å². The summed E-state index contributed by atoms with van der Waals surface area (Å²) in [6.07, 6.45) is 4.79. The molecule has 0 atom stereocenters. The number of H-pyrrole nitrogens is 1. The molecular weight excluding hydrogens is 286 g/mol. The highest BCUT2D eigenvalue weighted by molar-refractivity contribution is 5.83. The Morgan fingerprint density at radius 2 is 2.09 bits per heavy atom. The molecule has 3 aromatic rings. The summed E-state index contributed by atoms with van der Waals surface area (Å²) < 4.78 is 0. The first-order valence-electron chi connectivity index (χ1n) is 7.75. The molecule has 0 aliphatic carbocycles. The molecule has 5 nitrogen and oxygen atoms in total. The molecule has 118 valence electrons. The van der Waals surface area contributed by atoms with E-state index in [1.807, 2.05) is 25.1 Å². The Morgan fingerprint density at radius 1 is 1.22 bits per heavy atom. The molecule has 0 unspecified atom stereocenters. The number of hydrogen-bond acceptors (Lipinski definition) is 4. The number of aromatic amines is 1. The van der Waals surface area contributed by atoms with Crippen LogP contribution in [0, 0.1) is 6.92 Å². The van der Waals surface area contributed by atoms with Crippen LogP contribution < -0.4 is 10.6 Å². The highest BCUT2D eigenvalue weighted by Gasteiger charge is 2.04. The van der Waals surface area contributed by atoms with Crippen LogP contribution in [0.5, 0.6) is 0 Å². The van der Waals surface area contributed by atoms with Crippen molar-refractivity contribution in [1.82, 2.24) is 15.0 Å². The molecule has 0 saturated heterocycles. The maximum absolute atomic E-state index is 4.46. The second kappa shape index (κ2) is 6.96. The highest BCUT2D eigenvalue weighted by atomic mass is 15.1. The Morgan fingerprint density at radius 3 is 2.96 bits per heavy atom. The van der Waals surface area contributed by atoms with Crippen LogP contribution in [-0.4, -0.2) is 28.0 Å². The van der Waals surface area contributed by atoms with Crippen molar-refractivity contribution >= 4 is 22.7 Å². The monoisotopic (exact) mass is 307 g/mol. The van der Waals surface area contributed by atoms with E-state index >= 15 is 0 Å². The number of nitrogens with zero attached hydrogens (tertiary/aromatic N) is 2. The Bertz CT molecular complexity index is 806. The first-order chi connectivity index (χ1) is 11.3. The molecule has 3 N–H and O–H groups in total. The zero-order chi connectivity index (χ0) is 16.1. The van der Waals surface area contributed by atoms with E-state index in [0.29, 0.717) is 12.5 Å². The summed E-state index contributed by atoms with van der Waals surface area (Å²) in [6, 6.07) is 10.3.